The molecule has 2 heterocycles. The normalized spacial score (nSPS) is 24.8. The Morgan fingerprint density at radius 1 is 1.43 bits per heavy atom. The Labute approximate surface area is 84.3 Å². The highest BCUT2D eigenvalue weighted by Gasteiger charge is 2.14. The van der Waals surface area contributed by atoms with E-state index in [1.807, 2.05) is 6.07 Å². The number of rotatable bonds is 2. The van der Waals surface area contributed by atoms with Gasteiger partial charge in [-0.15, -0.1) is 0 Å². The van der Waals surface area contributed by atoms with Crippen molar-refractivity contribution in [3.8, 4) is 0 Å². The third-order valence-electron chi connectivity index (χ3n) is 2.78. The van der Waals surface area contributed by atoms with Crippen molar-refractivity contribution < 1.29 is 9.52 Å². The fourth-order valence-electron chi connectivity index (χ4n) is 1.94. The maximum absolute atomic E-state index is 9.49. The number of aliphatic hydroxyl groups is 1. The topological polar surface area (TPSA) is 36.6 Å². The van der Waals surface area contributed by atoms with Crippen LogP contribution in [0.25, 0.3) is 0 Å². The third kappa shape index (κ3) is 2.59. The summed E-state index contributed by atoms with van der Waals surface area (Å²) >= 11 is 0. The fourth-order valence-corrected chi connectivity index (χ4v) is 1.94. The van der Waals surface area contributed by atoms with Gasteiger partial charge in [0.2, 0.25) is 0 Å². The van der Waals surface area contributed by atoms with Crippen LogP contribution in [-0.2, 0) is 6.54 Å². The van der Waals surface area contributed by atoms with Gasteiger partial charge in [-0.2, -0.15) is 0 Å². The summed E-state index contributed by atoms with van der Waals surface area (Å²) in [6, 6.07) is 2.00. The zero-order chi connectivity index (χ0) is 9.80. The van der Waals surface area contributed by atoms with Crippen LogP contribution in [0.2, 0.25) is 0 Å². The Bertz CT molecular complexity index is 258. The van der Waals surface area contributed by atoms with Gasteiger partial charge in [0.1, 0.15) is 0 Å². The van der Waals surface area contributed by atoms with Crippen molar-refractivity contribution in [2.24, 2.45) is 0 Å². The summed E-state index contributed by atoms with van der Waals surface area (Å²) in [6.07, 6.45) is 6.35. The van der Waals surface area contributed by atoms with E-state index in [2.05, 4.69) is 4.90 Å². The molecule has 0 radical (unpaired) electrons. The van der Waals surface area contributed by atoms with Crippen LogP contribution in [0.4, 0.5) is 0 Å². The minimum Gasteiger partial charge on any atom is -0.472 e. The third-order valence-corrected chi connectivity index (χ3v) is 2.78. The van der Waals surface area contributed by atoms with Crippen LogP contribution in [-0.4, -0.2) is 29.2 Å². The van der Waals surface area contributed by atoms with E-state index in [9.17, 15) is 5.11 Å². The molecule has 3 heteroatoms. The second-order valence-corrected chi connectivity index (χ2v) is 3.99. The summed E-state index contributed by atoms with van der Waals surface area (Å²) in [6.45, 7) is 3.03. The summed E-state index contributed by atoms with van der Waals surface area (Å²) in [5, 5.41) is 9.49. The van der Waals surface area contributed by atoms with E-state index in [0.29, 0.717) is 0 Å². The number of nitrogens with zero attached hydrogens (tertiary/aromatic N) is 1. The smallest absolute Gasteiger partial charge is 0.0947 e. The van der Waals surface area contributed by atoms with Gasteiger partial charge in [-0.3, -0.25) is 4.90 Å². The molecule has 0 aromatic carbocycles. The van der Waals surface area contributed by atoms with Crippen LogP contribution in [0, 0.1) is 0 Å². The molecule has 2 rings (SSSR count). The lowest BCUT2D eigenvalue weighted by Gasteiger charge is -2.18. The van der Waals surface area contributed by atoms with Gasteiger partial charge >= 0.3 is 0 Å². The molecule has 1 N–H and O–H groups in total. The lowest BCUT2D eigenvalue weighted by atomic mass is 10.2. The standard InChI is InChI=1S/C11H17NO2/c13-11-2-1-5-12(6-3-11)8-10-4-7-14-9-10/h4,7,9,11,13H,1-3,5-6,8H2. The Balaban J connectivity index is 1.86. The van der Waals surface area contributed by atoms with Gasteiger partial charge in [0, 0.05) is 18.7 Å². The molecule has 3 nitrogen and oxygen atoms in total. The first-order chi connectivity index (χ1) is 6.84. The summed E-state index contributed by atoms with van der Waals surface area (Å²) in [5.41, 5.74) is 1.22. The van der Waals surface area contributed by atoms with Crippen molar-refractivity contribution in [3.05, 3.63) is 24.2 Å². The predicted molar refractivity (Wildman–Crippen MR) is 53.8 cm³/mol. The second-order valence-electron chi connectivity index (χ2n) is 3.99. The summed E-state index contributed by atoms with van der Waals surface area (Å²) in [4.78, 5) is 2.38. The SMILES string of the molecule is OC1CCCN(Cc2ccoc2)CC1. The van der Waals surface area contributed by atoms with Gasteiger partial charge in [0.05, 0.1) is 18.6 Å². The fraction of sp³-hybridized carbons (Fsp3) is 0.636. The van der Waals surface area contributed by atoms with Crippen molar-refractivity contribution in [3.63, 3.8) is 0 Å². The van der Waals surface area contributed by atoms with E-state index in [-0.39, 0.29) is 6.10 Å². The Kier molecular flexibility index (Phi) is 3.22. The largest absolute Gasteiger partial charge is 0.472 e. The Morgan fingerprint density at radius 2 is 2.36 bits per heavy atom. The van der Waals surface area contributed by atoms with Crippen LogP contribution in [0.15, 0.2) is 23.0 Å². The molecule has 0 bridgehead atoms. The molecule has 1 atom stereocenters. The number of hydrogen-bond donors (Lipinski definition) is 1. The highest BCUT2D eigenvalue weighted by atomic mass is 16.3. The van der Waals surface area contributed by atoms with Gasteiger partial charge in [-0.1, -0.05) is 0 Å². The van der Waals surface area contributed by atoms with E-state index in [0.717, 1.165) is 38.9 Å². The maximum atomic E-state index is 9.49. The van der Waals surface area contributed by atoms with Gasteiger partial charge in [-0.25, -0.2) is 0 Å². The van der Waals surface area contributed by atoms with Crippen molar-refractivity contribution in [2.45, 2.75) is 31.9 Å². The Morgan fingerprint density at radius 3 is 3.14 bits per heavy atom. The van der Waals surface area contributed by atoms with Crippen molar-refractivity contribution >= 4 is 0 Å². The minimum absolute atomic E-state index is 0.0932. The average molecular weight is 195 g/mol. The summed E-state index contributed by atoms with van der Waals surface area (Å²) in [7, 11) is 0. The summed E-state index contributed by atoms with van der Waals surface area (Å²) < 4.78 is 5.03. The molecule has 0 aliphatic carbocycles. The van der Waals surface area contributed by atoms with Crippen molar-refractivity contribution in [1.29, 1.82) is 0 Å². The molecule has 1 aliphatic rings. The first-order valence-corrected chi connectivity index (χ1v) is 5.26. The molecular formula is C11H17NO2. The number of aliphatic hydroxyl groups excluding tert-OH is 1. The second kappa shape index (κ2) is 4.62. The van der Waals surface area contributed by atoms with Gasteiger partial charge in [0.15, 0.2) is 0 Å². The molecule has 1 aromatic heterocycles. The first-order valence-electron chi connectivity index (χ1n) is 5.26. The molecular weight excluding hydrogens is 178 g/mol. The maximum Gasteiger partial charge on any atom is 0.0947 e. The monoisotopic (exact) mass is 195 g/mol. The van der Waals surface area contributed by atoms with Gasteiger partial charge in [-0.05, 0) is 31.9 Å². The van der Waals surface area contributed by atoms with Crippen LogP contribution < -0.4 is 0 Å². The van der Waals surface area contributed by atoms with Crippen LogP contribution in [0.5, 0.6) is 0 Å². The minimum atomic E-state index is -0.0932. The van der Waals surface area contributed by atoms with Crippen LogP contribution >= 0.6 is 0 Å². The molecule has 0 saturated carbocycles. The van der Waals surface area contributed by atoms with E-state index in [1.165, 1.54) is 5.56 Å². The number of furan rings is 1. The zero-order valence-electron chi connectivity index (χ0n) is 8.35. The first kappa shape index (κ1) is 9.74. The molecule has 0 spiro atoms. The molecule has 1 aromatic rings. The lowest BCUT2D eigenvalue weighted by molar-refractivity contribution is 0.154. The van der Waals surface area contributed by atoms with Crippen LogP contribution in [0.3, 0.4) is 0 Å². The van der Waals surface area contributed by atoms with E-state index >= 15 is 0 Å². The molecule has 14 heavy (non-hydrogen) atoms. The summed E-state index contributed by atoms with van der Waals surface area (Å²) in [5.74, 6) is 0. The van der Waals surface area contributed by atoms with E-state index in [1.54, 1.807) is 12.5 Å². The van der Waals surface area contributed by atoms with Crippen molar-refractivity contribution in [1.82, 2.24) is 4.90 Å². The quantitative estimate of drug-likeness (QED) is 0.779. The van der Waals surface area contributed by atoms with Crippen molar-refractivity contribution in [2.75, 3.05) is 13.1 Å². The molecule has 1 aliphatic heterocycles. The predicted octanol–water partition coefficient (Wildman–Crippen LogP) is 1.63. The molecule has 1 fully saturated rings. The molecule has 1 unspecified atom stereocenters. The van der Waals surface area contributed by atoms with Gasteiger partial charge < -0.3 is 9.52 Å². The van der Waals surface area contributed by atoms with Crippen LogP contribution in [0.1, 0.15) is 24.8 Å². The number of likely N-dealkylation sites (tertiary alicyclic amines) is 1. The highest BCUT2D eigenvalue weighted by molar-refractivity contribution is 5.04. The zero-order valence-corrected chi connectivity index (χ0v) is 8.35. The molecule has 1 saturated heterocycles. The van der Waals surface area contributed by atoms with Gasteiger partial charge in [0.25, 0.3) is 0 Å². The van der Waals surface area contributed by atoms with E-state index in [4.69, 9.17) is 4.42 Å². The Hall–Kier alpha value is -0.800. The molecule has 78 valence electrons. The molecule has 0 amide bonds. The average Bonchev–Trinajstić information content (AvgIpc) is 2.58. The number of hydrogen-bond acceptors (Lipinski definition) is 3. The lowest BCUT2D eigenvalue weighted by Crippen LogP contribution is -2.24. The highest BCUT2D eigenvalue weighted by Crippen LogP contribution is 2.13. The van der Waals surface area contributed by atoms with E-state index < -0.39 is 0 Å².